The van der Waals surface area contributed by atoms with Crippen molar-refractivity contribution < 1.29 is 55.4 Å². The first kappa shape index (κ1) is 20.6. The van der Waals surface area contributed by atoms with Gasteiger partial charge in [-0.1, -0.05) is 0 Å². The lowest BCUT2D eigenvalue weighted by Crippen LogP contribution is -2.58. The van der Waals surface area contributed by atoms with Crippen LogP contribution in [-0.4, -0.2) is 121 Å². The van der Waals surface area contributed by atoms with E-state index in [0.717, 1.165) is 0 Å². The summed E-state index contributed by atoms with van der Waals surface area (Å²) in [6.07, 6.45) is -11.3. The van der Waals surface area contributed by atoms with Crippen molar-refractivity contribution in [2.45, 2.75) is 55.1 Å². The maximum absolute atomic E-state index is 9.12. The lowest BCUT2D eigenvalue weighted by molar-refractivity contribution is -0.286. The zero-order valence-electron chi connectivity index (χ0n) is 12.2. The first-order valence-corrected chi connectivity index (χ1v) is 6.99. The summed E-state index contributed by atoms with van der Waals surface area (Å²) in [5.74, 6) is 0. The highest BCUT2D eigenvalue weighted by molar-refractivity contribution is 4.88. The number of rotatable bonds is 2. The molecule has 2 rings (SSSR count). The third kappa shape index (κ3) is 5.01. The molecule has 0 aromatic rings. The van der Waals surface area contributed by atoms with Gasteiger partial charge in [-0.05, 0) is 0 Å². The molecule has 11 heteroatoms. The van der Waals surface area contributed by atoms with Crippen LogP contribution in [0.15, 0.2) is 0 Å². The van der Waals surface area contributed by atoms with Crippen LogP contribution in [0, 0.1) is 0 Å². The molecule has 9 N–H and O–H groups in total. The van der Waals surface area contributed by atoms with Gasteiger partial charge >= 0.3 is 0 Å². The highest BCUT2D eigenvalue weighted by Crippen LogP contribution is 2.19. The van der Waals surface area contributed by atoms with Gasteiger partial charge in [0.2, 0.25) is 0 Å². The molecule has 2 saturated heterocycles. The number of hydrogen-bond acceptors (Lipinski definition) is 11. The van der Waals surface area contributed by atoms with Crippen molar-refractivity contribution in [2.24, 2.45) is 0 Å². The predicted octanol–water partition coefficient (Wildman–Crippen LogP) is -5.76. The highest BCUT2D eigenvalue weighted by atomic mass is 16.6. The van der Waals surface area contributed by atoms with E-state index < -0.39 is 61.7 Å². The fraction of sp³-hybridized carbons (Fsp3) is 1.00. The number of aliphatic hydroxyl groups is 9. The summed E-state index contributed by atoms with van der Waals surface area (Å²) in [4.78, 5) is 0. The van der Waals surface area contributed by atoms with Gasteiger partial charge in [0.25, 0.3) is 0 Å². The quantitative estimate of drug-likeness (QED) is 0.231. The normalized spacial score (nSPS) is 47.6. The van der Waals surface area contributed by atoms with Gasteiger partial charge in [0.1, 0.15) is 48.8 Å². The van der Waals surface area contributed by atoms with Gasteiger partial charge in [-0.3, -0.25) is 0 Å². The molecule has 0 aromatic carbocycles. The van der Waals surface area contributed by atoms with E-state index in [0.29, 0.717) is 0 Å². The fourth-order valence-corrected chi connectivity index (χ4v) is 2.11. The molecule has 2 fully saturated rings. The van der Waals surface area contributed by atoms with E-state index in [9.17, 15) is 0 Å². The van der Waals surface area contributed by atoms with Crippen molar-refractivity contribution in [3.05, 3.63) is 0 Å². The zero-order chi connectivity index (χ0) is 17.7. The topological polar surface area (TPSA) is 201 Å². The molecule has 2 aliphatic rings. The van der Waals surface area contributed by atoms with Gasteiger partial charge in [0, 0.05) is 0 Å². The number of hydrogen-bond donors (Lipinski definition) is 9. The van der Waals surface area contributed by atoms with E-state index in [-0.39, 0.29) is 13.2 Å². The van der Waals surface area contributed by atoms with Crippen LogP contribution in [0.2, 0.25) is 0 Å². The van der Waals surface area contributed by atoms with Crippen molar-refractivity contribution >= 4 is 0 Å². The lowest BCUT2D eigenvalue weighted by Gasteiger charge is -2.37. The molecule has 0 aliphatic carbocycles. The van der Waals surface area contributed by atoms with E-state index in [1.165, 1.54) is 0 Å². The summed E-state index contributed by atoms with van der Waals surface area (Å²) in [5.41, 5.74) is 0. The van der Waals surface area contributed by atoms with E-state index in [1.54, 1.807) is 0 Å². The Labute approximate surface area is 131 Å². The molecule has 0 radical (unpaired) electrons. The van der Waals surface area contributed by atoms with Gasteiger partial charge in [-0.25, -0.2) is 0 Å². The maximum Gasteiger partial charge on any atom is 0.184 e. The highest BCUT2D eigenvalue weighted by Gasteiger charge is 2.42. The third-order valence-electron chi connectivity index (χ3n) is 3.65. The van der Waals surface area contributed by atoms with Crippen LogP contribution in [0.5, 0.6) is 0 Å². The Morgan fingerprint density at radius 2 is 1.17 bits per heavy atom. The molecule has 9 atom stereocenters. The summed E-state index contributed by atoms with van der Waals surface area (Å²) >= 11 is 0. The predicted molar refractivity (Wildman–Crippen MR) is 70.8 cm³/mol. The standard InChI is InChI=1S/C6H12O6.C6H12O5/c7-1-2-3(8)4(9)5(10)6(11)12-2;7-1-4-6(10)5(9)3(8)2-11-4/h2-11H,1H2;3-10H,1-2H2. The van der Waals surface area contributed by atoms with Crippen LogP contribution in [0.4, 0.5) is 0 Å². The second kappa shape index (κ2) is 9.15. The third-order valence-corrected chi connectivity index (χ3v) is 3.65. The Morgan fingerprint density at radius 1 is 0.652 bits per heavy atom. The Kier molecular flexibility index (Phi) is 8.20. The molecular formula is C12H24O11. The van der Waals surface area contributed by atoms with Crippen LogP contribution in [0.3, 0.4) is 0 Å². The Bertz CT molecular complexity index is 336. The van der Waals surface area contributed by atoms with Gasteiger partial charge < -0.3 is 55.4 Å². The molecule has 0 spiro atoms. The molecular weight excluding hydrogens is 320 g/mol. The van der Waals surface area contributed by atoms with E-state index in [1.807, 2.05) is 0 Å². The van der Waals surface area contributed by atoms with Gasteiger partial charge in [-0.15, -0.1) is 0 Å². The van der Waals surface area contributed by atoms with Gasteiger partial charge in [0.15, 0.2) is 6.29 Å². The molecule has 0 aromatic heterocycles. The Hall–Kier alpha value is -0.440. The molecule has 11 nitrogen and oxygen atoms in total. The van der Waals surface area contributed by atoms with Crippen molar-refractivity contribution in [1.82, 2.24) is 0 Å². The minimum Gasteiger partial charge on any atom is -0.394 e. The van der Waals surface area contributed by atoms with Crippen molar-refractivity contribution in [3.8, 4) is 0 Å². The summed E-state index contributed by atoms with van der Waals surface area (Å²) in [5, 5.41) is 80.4. The Morgan fingerprint density at radius 3 is 1.70 bits per heavy atom. The summed E-state index contributed by atoms with van der Waals surface area (Å²) in [6.45, 7) is -0.934. The fourth-order valence-electron chi connectivity index (χ4n) is 2.11. The molecule has 0 saturated carbocycles. The average molecular weight is 344 g/mol. The number of ether oxygens (including phenoxy) is 2. The maximum atomic E-state index is 9.12. The molecule has 0 amide bonds. The average Bonchev–Trinajstić information content (AvgIpc) is 2.55. The van der Waals surface area contributed by atoms with Crippen molar-refractivity contribution in [2.75, 3.05) is 19.8 Å². The van der Waals surface area contributed by atoms with Crippen LogP contribution >= 0.6 is 0 Å². The summed E-state index contributed by atoms with van der Waals surface area (Å²) < 4.78 is 9.39. The van der Waals surface area contributed by atoms with Crippen LogP contribution < -0.4 is 0 Å². The van der Waals surface area contributed by atoms with Crippen LogP contribution in [-0.2, 0) is 9.47 Å². The van der Waals surface area contributed by atoms with Gasteiger partial charge in [0.05, 0.1) is 19.8 Å². The first-order chi connectivity index (χ1) is 10.7. The lowest BCUT2D eigenvalue weighted by atomic mass is 10.00. The second-order valence-corrected chi connectivity index (χ2v) is 5.32. The SMILES string of the molecule is OCC1OC(O)C(O)C(O)C1O.OCC1OCC(O)C(O)C1O. The molecule has 2 aliphatic heterocycles. The minimum absolute atomic E-state index is 0.0521. The van der Waals surface area contributed by atoms with E-state index in [4.69, 9.17) is 50.7 Å². The largest absolute Gasteiger partial charge is 0.394 e. The summed E-state index contributed by atoms with van der Waals surface area (Å²) in [7, 11) is 0. The molecule has 138 valence electrons. The second-order valence-electron chi connectivity index (χ2n) is 5.32. The van der Waals surface area contributed by atoms with Crippen molar-refractivity contribution in [3.63, 3.8) is 0 Å². The smallest absolute Gasteiger partial charge is 0.184 e. The molecule has 23 heavy (non-hydrogen) atoms. The first-order valence-electron chi connectivity index (χ1n) is 6.99. The molecule has 2 heterocycles. The minimum atomic E-state index is -1.57. The zero-order valence-corrected chi connectivity index (χ0v) is 12.2. The van der Waals surface area contributed by atoms with Crippen LogP contribution in [0.25, 0.3) is 0 Å². The van der Waals surface area contributed by atoms with Gasteiger partial charge in [-0.2, -0.15) is 0 Å². The van der Waals surface area contributed by atoms with Crippen LogP contribution in [0.1, 0.15) is 0 Å². The van der Waals surface area contributed by atoms with E-state index >= 15 is 0 Å². The Balaban J connectivity index is 0.000000231. The summed E-state index contributed by atoms with van der Waals surface area (Å²) in [6, 6.07) is 0. The van der Waals surface area contributed by atoms with Crippen molar-refractivity contribution in [1.29, 1.82) is 0 Å². The number of aliphatic hydroxyl groups excluding tert-OH is 9. The molecule has 0 bridgehead atoms. The van der Waals surface area contributed by atoms with E-state index in [2.05, 4.69) is 4.74 Å². The monoisotopic (exact) mass is 344 g/mol. The molecule has 9 unspecified atom stereocenters.